The van der Waals surface area contributed by atoms with E-state index in [0.29, 0.717) is 25.2 Å². The van der Waals surface area contributed by atoms with E-state index in [4.69, 9.17) is 40.0 Å². The molecule has 1 aromatic rings. The molecule has 6 N–H and O–H groups in total. The Morgan fingerprint density at radius 1 is 1.00 bits per heavy atom. The smallest absolute Gasteiger partial charge is 0.311 e. The molecule has 0 amide bonds. The van der Waals surface area contributed by atoms with Crippen molar-refractivity contribution in [3.8, 4) is 0 Å². The zero-order chi connectivity index (χ0) is 45.1. The van der Waals surface area contributed by atoms with Crippen LogP contribution in [0.15, 0.2) is 12.1 Å². The number of anilines is 1. The third-order valence-corrected chi connectivity index (χ3v) is 13.9. The SMILES string of the molecule is CC[C@H]1OC(=O)[C@H](C)[C@H](O[C@@H]2C[C@](C)(OC)[C@@](O)(CNc3ccc(Cl)nn3)[C@H](C)O2)[C@H](C)[C@@H](O[C@@H]2O[C@H](C)C[C@H](N(C)C)[C@H]2O)C(C)(C)C[C@@H](C)NC[C@H](C)[C@@H](O)[C@]1(C)O. The molecule has 0 unspecified atom stereocenters. The van der Waals surface area contributed by atoms with E-state index in [2.05, 4.69) is 41.6 Å². The summed E-state index contributed by atoms with van der Waals surface area (Å²) in [5, 5.41) is 62.1. The highest BCUT2D eigenvalue weighted by Crippen LogP contribution is 2.44. The minimum absolute atomic E-state index is 0.0146. The van der Waals surface area contributed by atoms with Crippen molar-refractivity contribution >= 4 is 23.4 Å². The van der Waals surface area contributed by atoms with Crippen LogP contribution in [-0.4, -0.2) is 160 Å². The van der Waals surface area contributed by atoms with Crippen LogP contribution in [0.2, 0.25) is 5.15 Å². The molecule has 0 saturated carbocycles. The largest absolute Gasteiger partial charge is 0.459 e. The Kier molecular flexibility index (Phi) is 17.3. The molecule has 3 saturated heterocycles. The number of aromatic nitrogens is 2. The molecule has 4 heterocycles. The minimum atomic E-state index is -1.77. The van der Waals surface area contributed by atoms with Crippen molar-refractivity contribution in [3.63, 3.8) is 0 Å². The predicted octanol–water partition coefficient (Wildman–Crippen LogP) is 3.76. The van der Waals surface area contributed by atoms with Crippen LogP contribution in [0.3, 0.4) is 0 Å². The van der Waals surface area contributed by atoms with Crippen molar-refractivity contribution in [3.05, 3.63) is 17.3 Å². The van der Waals surface area contributed by atoms with Gasteiger partial charge in [0, 0.05) is 38.1 Å². The molecule has 0 bridgehead atoms. The second-order valence-corrected chi connectivity index (χ2v) is 19.6. The van der Waals surface area contributed by atoms with Gasteiger partial charge in [0.1, 0.15) is 34.8 Å². The summed E-state index contributed by atoms with van der Waals surface area (Å²) in [5.74, 6) is -2.18. The summed E-state index contributed by atoms with van der Waals surface area (Å²) in [7, 11) is 5.36. The van der Waals surface area contributed by atoms with Crippen LogP contribution in [0.5, 0.6) is 0 Å². The number of rotatable bonds is 10. The van der Waals surface area contributed by atoms with Crippen molar-refractivity contribution in [2.45, 2.75) is 186 Å². The number of carbonyl (C=O) groups excluding carboxylic acids is 1. The van der Waals surface area contributed by atoms with E-state index in [1.807, 2.05) is 39.8 Å². The van der Waals surface area contributed by atoms with E-state index in [-0.39, 0.29) is 42.7 Å². The lowest BCUT2D eigenvalue weighted by Crippen LogP contribution is -2.69. The molecule has 60 heavy (non-hydrogen) atoms. The van der Waals surface area contributed by atoms with Gasteiger partial charge in [0.25, 0.3) is 0 Å². The van der Waals surface area contributed by atoms with Gasteiger partial charge in [0.05, 0.1) is 43.0 Å². The van der Waals surface area contributed by atoms with E-state index in [9.17, 15) is 25.2 Å². The zero-order valence-electron chi connectivity index (χ0n) is 38.3. The highest BCUT2D eigenvalue weighted by molar-refractivity contribution is 6.29. The third-order valence-electron chi connectivity index (χ3n) is 13.7. The van der Waals surface area contributed by atoms with Crippen LogP contribution < -0.4 is 10.6 Å². The van der Waals surface area contributed by atoms with E-state index in [1.165, 1.54) is 14.0 Å². The molecule has 16 nitrogen and oxygen atoms in total. The van der Waals surface area contributed by atoms with Crippen molar-refractivity contribution in [1.82, 2.24) is 20.4 Å². The second kappa shape index (κ2) is 20.4. The van der Waals surface area contributed by atoms with Crippen molar-refractivity contribution in [1.29, 1.82) is 0 Å². The fourth-order valence-corrected chi connectivity index (χ4v) is 9.82. The first-order chi connectivity index (χ1) is 27.8. The maximum Gasteiger partial charge on any atom is 0.311 e. The number of likely N-dealkylation sites (N-methyl/N-ethyl adjacent to an activating group) is 1. The Balaban J connectivity index is 1.78. The van der Waals surface area contributed by atoms with Gasteiger partial charge in [-0.25, -0.2) is 0 Å². The molecule has 17 heteroatoms. The Hall–Kier alpha value is -1.80. The number of carbonyl (C=O) groups is 1. The summed E-state index contributed by atoms with van der Waals surface area (Å²) in [6, 6.07) is 2.93. The molecule has 3 fully saturated rings. The number of hydrogen-bond donors (Lipinski definition) is 6. The Morgan fingerprint density at radius 2 is 1.67 bits per heavy atom. The van der Waals surface area contributed by atoms with E-state index in [0.717, 1.165) is 0 Å². The van der Waals surface area contributed by atoms with E-state index < -0.39 is 95.1 Å². The highest BCUT2D eigenvalue weighted by Gasteiger charge is 2.58. The standard InChI is InChI=1S/C43H76ClN5O11/c1-15-30-42(11,53)36(51)23(2)21-45-24(3)19-40(8,9)37(60-39-34(50)29(49(12)13)18-25(4)56-39)26(5)35(27(6)38(52)58-30)59-33-20-41(10,55-14)43(54,28(7)57-33)22-46-32-17-16-31(44)47-48-32/h16-17,23-30,33-37,39,45,50-51,53-54H,15,18-22H2,1-14H3,(H,46,48)/t23-,24+,25+,26-,27+,28-,29-,30+,33+,34+,35+,36+,37+,39-,41-,42+,43+/m0/s1. The lowest BCUT2D eigenvalue weighted by molar-refractivity contribution is -0.333. The first kappa shape index (κ1) is 50.8. The van der Waals surface area contributed by atoms with Gasteiger partial charge in [0.2, 0.25) is 0 Å². The Labute approximate surface area is 362 Å². The summed E-state index contributed by atoms with van der Waals surface area (Å²) in [6.07, 6.45) is -6.41. The van der Waals surface area contributed by atoms with E-state index >= 15 is 0 Å². The second-order valence-electron chi connectivity index (χ2n) is 19.2. The molecular weight excluding hydrogens is 798 g/mol. The first-order valence-corrected chi connectivity index (χ1v) is 22.0. The fraction of sp³-hybridized carbons (Fsp3) is 0.884. The van der Waals surface area contributed by atoms with Gasteiger partial charge < -0.3 is 64.4 Å². The van der Waals surface area contributed by atoms with Crippen LogP contribution in [-0.2, 0) is 33.2 Å². The summed E-state index contributed by atoms with van der Waals surface area (Å²) in [4.78, 5) is 16.4. The number of esters is 1. The van der Waals surface area contributed by atoms with Crippen molar-refractivity contribution in [2.24, 2.45) is 23.2 Å². The van der Waals surface area contributed by atoms with E-state index in [1.54, 1.807) is 39.8 Å². The molecule has 4 rings (SSSR count). The monoisotopic (exact) mass is 874 g/mol. The van der Waals surface area contributed by atoms with Gasteiger partial charge in [-0.3, -0.25) is 4.79 Å². The third kappa shape index (κ3) is 11.3. The number of ether oxygens (including phenoxy) is 6. The average Bonchev–Trinajstić information content (AvgIpc) is 3.18. The molecule has 0 spiro atoms. The first-order valence-electron chi connectivity index (χ1n) is 21.6. The minimum Gasteiger partial charge on any atom is -0.459 e. The molecule has 17 atom stereocenters. The molecular formula is C43H76ClN5O11. The number of nitrogens with zero attached hydrogens (tertiary/aromatic N) is 3. The predicted molar refractivity (Wildman–Crippen MR) is 227 cm³/mol. The summed E-state index contributed by atoms with van der Waals surface area (Å²) < 4.78 is 39.0. The lowest BCUT2D eigenvalue weighted by atomic mass is 9.72. The number of cyclic esters (lactones) is 1. The molecule has 0 radical (unpaired) electrons. The van der Waals surface area contributed by atoms with Crippen LogP contribution in [0, 0.1) is 23.2 Å². The molecule has 3 aliphatic rings. The lowest BCUT2D eigenvalue weighted by Gasteiger charge is -2.53. The van der Waals surface area contributed by atoms with Gasteiger partial charge in [-0.2, -0.15) is 0 Å². The Bertz CT molecular complexity index is 1530. The summed E-state index contributed by atoms with van der Waals surface area (Å²) in [6.45, 7) is 20.9. The number of hydrogen-bond acceptors (Lipinski definition) is 16. The number of methoxy groups -OCH3 is 1. The molecule has 1 aromatic heterocycles. The summed E-state index contributed by atoms with van der Waals surface area (Å²) in [5.41, 5.74) is -5.23. The number of aliphatic hydroxyl groups is 4. The van der Waals surface area contributed by atoms with Crippen LogP contribution in [0.1, 0.15) is 102 Å². The van der Waals surface area contributed by atoms with Crippen molar-refractivity contribution in [2.75, 3.05) is 39.6 Å². The highest BCUT2D eigenvalue weighted by atomic mass is 35.5. The topological polar surface area (TPSA) is 206 Å². The average molecular weight is 875 g/mol. The van der Waals surface area contributed by atoms with Crippen LogP contribution >= 0.6 is 11.6 Å². The molecule has 0 aromatic carbocycles. The maximum absolute atomic E-state index is 14.5. The van der Waals surface area contributed by atoms with Gasteiger partial charge in [-0.15, -0.1) is 10.2 Å². The van der Waals surface area contributed by atoms with Gasteiger partial charge in [0.15, 0.2) is 17.7 Å². The summed E-state index contributed by atoms with van der Waals surface area (Å²) >= 11 is 5.94. The van der Waals surface area contributed by atoms with Crippen LogP contribution in [0.25, 0.3) is 0 Å². The molecule has 3 aliphatic heterocycles. The van der Waals surface area contributed by atoms with Gasteiger partial charge in [-0.1, -0.05) is 46.2 Å². The maximum atomic E-state index is 14.5. The quantitative estimate of drug-likeness (QED) is 0.185. The zero-order valence-corrected chi connectivity index (χ0v) is 39.1. The number of nitrogens with one attached hydrogen (secondary N) is 2. The van der Waals surface area contributed by atoms with Gasteiger partial charge in [-0.05, 0) is 98.4 Å². The van der Waals surface area contributed by atoms with Gasteiger partial charge >= 0.3 is 5.97 Å². The molecule has 346 valence electrons. The Morgan fingerprint density at radius 3 is 2.25 bits per heavy atom. The number of halogens is 1. The molecule has 0 aliphatic carbocycles. The van der Waals surface area contributed by atoms with Crippen LogP contribution in [0.4, 0.5) is 5.82 Å². The number of aliphatic hydroxyl groups excluding tert-OH is 2. The normalized spacial score (nSPS) is 43.8. The fourth-order valence-electron chi connectivity index (χ4n) is 9.72. The van der Waals surface area contributed by atoms with Crippen molar-refractivity contribution < 1.29 is 53.6 Å².